The molecule has 274 valence electrons. The fourth-order valence-corrected chi connectivity index (χ4v) is 5.28. The van der Waals surface area contributed by atoms with Gasteiger partial charge in [-0.3, -0.25) is 19.2 Å². The lowest BCUT2D eigenvalue weighted by atomic mass is 9.98. The van der Waals surface area contributed by atoms with E-state index in [9.17, 15) is 29.4 Å². The van der Waals surface area contributed by atoms with Crippen LogP contribution in [0.3, 0.4) is 0 Å². The van der Waals surface area contributed by atoms with Crippen molar-refractivity contribution in [3.63, 3.8) is 0 Å². The largest absolute Gasteiger partial charge is 0.463 e. The standard InChI is InChI=1S/C34H60O13/c1-5-7-8-9-10-11-12-13-14-15-16-17-18-20-30(41)46-32-31(44-25(4)37)28(23-42-24(3)36)45-34(33(32)47-29(40)19-6-2)43-22-27(39)26(38)21-35/h26-28,31-35,38-39H,5-23H2,1-4H3/t26-,27+,28+,31+,32-,33-,34+/m0/s1. The predicted molar refractivity (Wildman–Crippen MR) is 171 cm³/mol. The number of aliphatic hydroxyl groups excluding tert-OH is 3. The molecule has 1 rings (SSSR count). The van der Waals surface area contributed by atoms with Crippen molar-refractivity contribution in [1.82, 2.24) is 0 Å². The van der Waals surface area contributed by atoms with E-state index >= 15 is 0 Å². The third kappa shape index (κ3) is 18.7. The summed E-state index contributed by atoms with van der Waals surface area (Å²) in [6.45, 7) is 4.58. The minimum Gasteiger partial charge on any atom is -0.463 e. The molecule has 0 aromatic heterocycles. The van der Waals surface area contributed by atoms with Crippen molar-refractivity contribution in [2.45, 2.75) is 173 Å². The smallest absolute Gasteiger partial charge is 0.306 e. The van der Waals surface area contributed by atoms with Crippen molar-refractivity contribution in [2.24, 2.45) is 0 Å². The Balaban J connectivity index is 2.91. The van der Waals surface area contributed by atoms with Crippen LogP contribution in [0.15, 0.2) is 0 Å². The highest BCUT2D eigenvalue weighted by molar-refractivity contribution is 5.71. The van der Waals surface area contributed by atoms with E-state index in [-0.39, 0.29) is 12.8 Å². The van der Waals surface area contributed by atoms with Gasteiger partial charge >= 0.3 is 23.9 Å². The first-order chi connectivity index (χ1) is 22.5. The third-order valence-corrected chi connectivity index (χ3v) is 7.88. The van der Waals surface area contributed by atoms with Crippen molar-refractivity contribution in [3.05, 3.63) is 0 Å². The SMILES string of the molecule is CCCCCCCCCCCCCCCC(=O)O[C@@H]1[C@H](OC(=O)CCC)[C@H](OC[C@@H](O)[C@@H](O)CO)O[C@H](COC(C)=O)[C@H]1OC(C)=O. The minimum absolute atomic E-state index is 0.0177. The van der Waals surface area contributed by atoms with E-state index in [1.165, 1.54) is 58.3 Å². The molecule has 1 fully saturated rings. The van der Waals surface area contributed by atoms with Crippen molar-refractivity contribution in [1.29, 1.82) is 0 Å². The molecule has 0 aromatic rings. The topological polar surface area (TPSA) is 184 Å². The second kappa shape index (κ2) is 25.7. The van der Waals surface area contributed by atoms with Crippen LogP contribution in [0.4, 0.5) is 0 Å². The fourth-order valence-electron chi connectivity index (χ4n) is 5.28. The third-order valence-electron chi connectivity index (χ3n) is 7.88. The minimum atomic E-state index is -1.54. The molecule has 0 radical (unpaired) electrons. The van der Waals surface area contributed by atoms with Gasteiger partial charge in [0.2, 0.25) is 0 Å². The van der Waals surface area contributed by atoms with Crippen LogP contribution in [0.1, 0.15) is 130 Å². The molecular weight excluding hydrogens is 616 g/mol. The van der Waals surface area contributed by atoms with Gasteiger partial charge in [0.05, 0.1) is 13.2 Å². The predicted octanol–water partition coefficient (Wildman–Crippen LogP) is 4.04. The van der Waals surface area contributed by atoms with Crippen molar-refractivity contribution >= 4 is 23.9 Å². The van der Waals surface area contributed by atoms with Crippen molar-refractivity contribution in [3.8, 4) is 0 Å². The summed E-state index contributed by atoms with van der Waals surface area (Å²) in [5.74, 6) is -2.68. The van der Waals surface area contributed by atoms with Crippen LogP contribution < -0.4 is 0 Å². The zero-order chi connectivity index (χ0) is 35.0. The van der Waals surface area contributed by atoms with Gasteiger partial charge in [0.15, 0.2) is 24.6 Å². The van der Waals surface area contributed by atoms with Gasteiger partial charge in [0.1, 0.15) is 24.9 Å². The molecular formula is C34H60O13. The Kier molecular flexibility index (Phi) is 23.3. The summed E-state index contributed by atoms with van der Waals surface area (Å²) >= 11 is 0. The molecule has 0 amide bonds. The first-order valence-corrected chi connectivity index (χ1v) is 17.5. The lowest BCUT2D eigenvalue weighted by Crippen LogP contribution is -2.63. The van der Waals surface area contributed by atoms with E-state index in [4.69, 9.17) is 33.5 Å². The normalized spacial score (nSPS) is 22.2. The van der Waals surface area contributed by atoms with Crippen LogP contribution in [-0.2, 0) is 47.6 Å². The Hall–Kier alpha value is -2.32. The maximum Gasteiger partial charge on any atom is 0.306 e. The highest BCUT2D eigenvalue weighted by Gasteiger charge is 2.53. The molecule has 3 N–H and O–H groups in total. The number of hydrogen-bond acceptors (Lipinski definition) is 13. The van der Waals surface area contributed by atoms with Gasteiger partial charge in [-0.05, 0) is 12.8 Å². The first kappa shape index (κ1) is 42.7. The number of esters is 4. The molecule has 1 aliphatic heterocycles. The maximum atomic E-state index is 13.1. The summed E-state index contributed by atoms with van der Waals surface area (Å²) < 4.78 is 33.6. The highest BCUT2D eigenvalue weighted by atomic mass is 16.7. The number of hydrogen-bond donors (Lipinski definition) is 3. The molecule has 0 aliphatic carbocycles. The zero-order valence-electron chi connectivity index (χ0n) is 28.9. The molecule has 7 atom stereocenters. The van der Waals surface area contributed by atoms with Crippen LogP contribution in [0.2, 0.25) is 0 Å². The Morgan fingerprint density at radius 2 is 1.17 bits per heavy atom. The molecule has 0 spiro atoms. The maximum absolute atomic E-state index is 13.1. The lowest BCUT2D eigenvalue weighted by molar-refractivity contribution is -0.312. The monoisotopic (exact) mass is 676 g/mol. The summed E-state index contributed by atoms with van der Waals surface area (Å²) in [6, 6.07) is 0. The first-order valence-electron chi connectivity index (χ1n) is 17.5. The van der Waals surface area contributed by atoms with Gasteiger partial charge in [-0.15, -0.1) is 0 Å². The molecule has 0 unspecified atom stereocenters. The van der Waals surface area contributed by atoms with E-state index < -0.39 is 86.6 Å². The summed E-state index contributed by atoms with van der Waals surface area (Å²) in [4.78, 5) is 49.5. The van der Waals surface area contributed by atoms with E-state index in [0.29, 0.717) is 12.8 Å². The Bertz CT molecular complexity index is 882. The molecule has 13 nitrogen and oxygen atoms in total. The molecule has 1 aliphatic rings. The van der Waals surface area contributed by atoms with Gasteiger partial charge in [-0.25, -0.2) is 0 Å². The van der Waals surface area contributed by atoms with Gasteiger partial charge in [-0.2, -0.15) is 0 Å². The zero-order valence-corrected chi connectivity index (χ0v) is 28.9. The Morgan fingerprint density at radius 3 is 1.68 bits per heavy atom. The second-order valence-corrected chi connectivity index (χ2v) is 12.2. The number of ether oxygens (including phenoxy) is 6. The number of carbonyl (C=O) groups excluding carboxylic acids is 4. The van der Waals surface area contributed by atoms with Crippen LogP contribution in [0.25, 0.3) is 0 Å². The molecule has 13 heteroatoms. The lowest BCUT2D eigenvalue weighted by Gasteiger charge is -2.44. The average molecular weight is 677 g/mol. The summed E-state index contributed by atoms with van der Waals surface area (Å²) in [7, 11) is 0. The summed E-state index contributed by atoms with van der Waals surface area (Å²) in [5.41, 5.74) is 0. The van der Waals surface area contributed by atoms with Gasteiger partial charge in [-0.1, -0.05) is 90.9 Å². The average Bonchev–Trinajstić information content (AvgIpc) is 3.02. The molecule has 1 heterocycles. The summed E-state index contributed by atoms with van der Waals surface area (Å²) in [5, 5.41) is 29.1. The molecule has 1 saturated heterocycles. The number of aliphatic hydroxyl groups is 3. The Morgan fingerprint density at radius 1 is 0.638 bits per heavy atom. The van der Waals surface area contributed by atoms with Crippen LogP contribution in [-0.4, -0.2) is 102 Å². The highest BCUT2D eigenvalue weighted by Crippen LogP contribution is 2.31. The fraction of sp³-hybridized carbons (Fsp3) is 0.882. The van der Waals surface area contributed by atoms with Gasteiger partial charge < -0.3 is 43.7 Å². The van der Waals surface area contributed by atoms with E-state index in [1.807, 2.05) is 0 Å². The van der Waals surface area contributed by atoms with E-state index in [1.54, 1.807) is 6.92 Å². The van der Waals surface area contributed by atoms with Gasteiger partial charge in [0.25, 0.3) is 0 Å². The summed E-state index contributed by atoms with van der Waals surface area (Å²) in [6.07, 6.45) is 5.48. The van der Waals surface area contributed by atoms with E-state index in [0.717, 1.165) is 32.6 Å². The van der Waals surface area contributed by atoms with E-state index in [2.05, 4.69) is 6.92 Å². The molecule has 0 bridgehead atoms. The second-order valence-electron chi connectivity index (χ2n) is 12.2. The van der Waals surface area contributed by atoms with Gasteiger partial charge in [0, 0.05) is 26.7 Å². The van der Waals surface area contributed by atoms with Crippen LogP contribution >= 0.6 is 0 Å². The van der Waals surface area contributed by atoms with Crippen LogP contribution in [0.5, 0.6) is 0 Å². The molecule has 47 heavy (non-hydrogen) atoms. The number of rotatable bonds is 26. The Labute approximate surface area is 279 Å². The molecule has 0 aromatic carbocycles. The number of carbonyl (C=O) groups is 4. The quantitative estimate of drug-likeness (QED) is 0.0678. The molecule has 0 saturated carbocycles. The van der Waals surface area contributed by atoms with Crippen molar-refractivity contribution < 1.29 is 62.9 Å². The number of unbranched alkanes of at least 4 members (excludes halogenated alkanes) is 12. The van der Waals surface area contributed by atoms with Crippen molar-refractivity contribution in [2.75, 3.05) is 19.8 Å². The van der Waals surface area contributed by atoms with Crippen LogP contribution in [0, 0.1) is 0 Å².